The molecule has 0 atom stereocenters. The van der Waals surface area contributed by atoms with Crippen LogP contribution in [-0.4, -0.2) is 14.2 Å². The van der Waals surface area contributed by atoms with E-state index in [0.717, 1.165) is 16.7 Å². The number of halogens is 1. The maximum Gasteiger partial charge on any atom is 0.204 e. The molecule has 0 bridgehead atoms. The molecule has 3 rings (SSSR count). The zero-order chi connectivity index (χ0) is 21.9. The smallest absolute Gasteiger partial charge is 0.204 e. The fraction of sp³-hybridized carbons (Fsp3) is 0.160. The zero-order valence-electron chi connectivity index (χ0n) is 17.1. The Balaban J connectivity index is 2.11. The first-order valence-electron chi connectivity index (χ1n) is 9.53. The van der Waals surface area contributed by atoms with Gasteiger partial charge in [0.2, 0.25) is 5.78 Å². The van der Waals surface area contributed by atoms with E-state index in [4.69, 9.17) is 11.6 Å². The summed E-state index contributed by atoms with van der Waals surface area (Å²) in [7, 11) is -3.89. The zero-order valence-corrected chi connectivity index (χ0v) is 18.7. The van der Waals surface area contributed by atoms with Crippen molar-refractivity contribution in [3.63, 3.8) is 0 Å². The second-order valence-electron chi connectivity index (χ2n) is 7.45. The quantitative estimate of drug-likeness (QED) is 0.345. The van der Waals surface area contributed by atoms with Crippen LogP contribution in [0.25, 0.3) is 6.08 Å². The van der Waals surface area contributed by atoms with Gasteiger partial charge < -0.3 is 0 Å². The number of benzene rings is 3. The van der Waals surface area contributed by atoms with Crippen LogP contribution in [0.3, 0.4) is 0 Å². The Morgan fingerprint density at radius 2 is 1.47 bits per heavy atom. The van der Waals surface area contributed by atoms with Crippen molar-refractivity contribution < 1.29 is 13.2 Å². The molecule has 0 fully saturated rings. The molecule has 154 valence electrons. The summed E-state index contributed by atoms with van der Waals surface area (Å²) in [6.07, 6.45) is 1.49. The van der Waals surface area contributed by atoms with Gasteiger partial charge in [-0.15, -0.1) is 0 Å². The predicted octanol–water partition coefficient (Wildman–Crippen LogP) is 6.10. The molecule has 0 heterocycles. The van der Waals surface area contributed by atoms with Gasteiger partial charge in [-0.1, -0.05) is 65.2 Å². The van der Waals surface area contributed by atoms with Gasteiger partial charge >= 0.3 is 0 Å². The van der Waals surface area contributed by atoms with E-state index in [-0.39, 0.29) is 16.2 Å². The predicted molar refractivity (Wildman–Crippen MR) is 123 cm³/mol. The molecular weight excluding hydrogens is 416 g/mol. The Hall–Kier alpha value is -2.69. The average Bonchev–Trinajstić information content (AvgIpc) is 2.70. The van der Waals surface area contributed by atoms with Crippen molar-refractivity contribution in [2.24, 2.45) is 0 Å². The van der Waals surface area contributed by atoms with Gasteiger partial charge in [0.15, 0.2) is 9.84 Å². The normalized spacial score (nSPS) is 12.1. The van der Waals surface area contributed by atoms with E-state index in [1.165, 1.54) is 6.08 Å². The van der Waals surface area contributed by atoms with Crippen LogP contribution in [0.2, 0.25) is 5.02 Å². The summed E-state index contributed by atoms with van der Waals surface area (Å²) in [5.74, 6) is -0.789. The van der Waals surface area contributed by atoms with Crippen molar-refractivity contribution in [3.8, 4) is 0 Å². The second-order valence-corrected chi connectivity index (χ2v) is 9.84. The molecule has 3 aromatic carbocycles. The van der Waals surface area contributed by atoms with Gasteiger partial charge in [0, 0.05) is 10.6 Å². The molecule has 3 aromatic rings. The molecule has 0 spiro atoms. The molecule has 0 aromatic heterocycles. The molecule has 30 heavy (non-hydrogen) atoms. The largest absolute Gasteiger partial charge is 0.288 e. The summed E-state index contributed by atoms with van der Waals surface area (Å²) in [6, 6.07) is 19.3. The van der Waals surface area contributed by atoms with Gasteiger partial charge in [-0.25, -0.2) is 8.42 Å². The van der Waals surface area contributed by atoms with E-state index in [2.05, 4.69) is 0 Å². The number of sulfone groups is 1. The number of hydrogen-bond donors (Lipinski definition) is 0. The molecule has 5 heteroatoms. The van der Waals surface area contributed by atoms with Crippen LogP contribution in [0, 0.1) is 20.8 Å². The summed E-state index contributed by atoms with van der Waals surface area (Å²) >= 11 is 5.93. The lowest BCUT2D eigenvalue weighted by Gasteiger charge is -2.11. The number of carbonyl (C=O) groups excluding carboxylic acids is 1. The van der Waals surface area contributed by atoms with Crippen molar-refractivity contribution >= 4 is 33.3 Å². The maximum atomic E-state index is 13.4. The van der Waals surface area contributed by atoms with Crippen molar-refractivity contribution in [2.45, 2.75) is 26.5 Å². The van der Waals surface area contributed by atoms with E-state index in [0.29, 0.717) is 16.1 Å². The highest BCUT2D eigenvalue weighted by atomic mass is 35.5. The Morgan fingerprint density at radius 1 is 0.867 bits per heavy atom. The second kappa shape index (κ2) is 8.99. The summed E-state index contributed by atoms with van der Waals surface area (Å²) < 4.78 is 26.7. The minimum atomic E-state index is -3.89. The first kappa shape index (κ1) is 22.0. The molecule has 0 N–H and O–H groups in total. The number of hydrogen-bond acceptors (Lipinski definition) is 3. The molecule has 3 nitrogen and oxygen atoms in total. The van der Waals surface area contributed by atoms with Crippen molar-refractivity contribution in [1.82, 2.24) is 0 Å². The molecule has 0 aliphatic carbocycles. The van der Waals surface area contributed by atoms with E-state index in [1.807, 2.05) is 51.1 Å². The van der Waals surface area contributed by atoms with Gasteiger partial charge in [0.05, 0.1) is 5.75 Å². The van der Waals surface area contributed by atoms with Gasteiger partial charge in [0.1, 0.15) is 4.91 Å². The lowest BCUT2D eigenvalue weighted by molar-refractivity contribution is 0.104. The van der Waals surface area contributed by atoms with Crippen molar-refractivity contribution in [1.29, 1.82) is 0 Å². The van der Waals surface area contributed by atoms with Crippen molar-refractivity contribution in [2.75, 3.05) is 0 Å². The first-order chi connectivity index (χ1) is 14.2. The SMILES string of the molecule is Cc1ccc(CS(=O)(=O)/C(=C/c2cc(C)ccc2C)C(=O)c2ccc(Cl)cc2)cc1. The first-order valence-corrected chi connectivity index (χ1v) is 11.6. The van der Waals surface area contributed by atoms with E-state index in [1.54, 1.807) is 36.4 Å². The minimum Gasteiger partial charge on any atom is -0.288 e. The highest BCUT2D eigenvalue weighted by Crippen LogP contribution is 2.25. The number of allylic oxidation sites excluding steroid dienone is 1. The molecule has 0 saturated carbocycles. The van der Waals surface area contributed by atoms with Crippen LogP contribution in [0.15, 0.2) is 71.6 Å². The highest BCUT2D eigenvalue weighted by Gasteiger charge is 2.27. The summed E-state index contributed by atoms with van der Waals surface area (Å²) in [6.45, 7) is 5.76. The Kier molecular flexibility index (Phi) is 6.59. The topological polar surface area (TPSA) is 51.2 Å². The van der Waals surface area contributed by atoms with Crippen LogP contribution < -0.4 is 0 Å². The number of rotatable bonds is 6. The Labute approximate surface area is 183 Å². The Bertz CT molecular complexity index is 1210. The third-order valence-corrected chi connectivity index (χ3v) is 6.80. The maximum absolute atomic E-state index is 13.4. The summed E-state index contributed by atoms with van der Waals surface area (Å²) in [5, 5.41) is 0.481. The van der Waals surface area contributed by atoms with E-state index >= 15 is 0 Å². The van der Waals surface area contributed by atoms with Gasteiger partial charge in [0.25, 0.3) is 0 Å². The monoisotopic (exact) mass is 438 g/mol. The van der Waals surface area contributed by atoms with Crippen LogP contribution in [0.4, 0.5) is 0 Å². The molecule has 0 unspecified atom stereocenters. The van der Waals surface area contributed by atoms with Gasteiger partial charge in [-0.2, -0.15) is 0 Å². The minimum absolute atomic E-state index is 0.223. The molecule has 0 amide bonds. The standard InChI is InChI=1S/C25H23ClO3S/c1-17-5-8-20(9-6-17)16-30(28,29)24(15-22-14-18(2)4-7-19(22)3)25(27)21-10-12-23(26)13-11-21/h4-15H,16H2,1-3H3/b24-15+. The molecule has 0 aliphatic heterocycles. The van der Waals surface area contributed by atoms with Crippen LogP contribution in [-0.2, 0) is 15.6 Å². The van der Waals surface area contributed by atoms with Crippen molar-refractivity contribution in [3.05, 3.63) is 110 Å². The van der Waals surface area contributed by atoms with Crippen LogP contribution in [0.5, 0.6) is 0 Å². The average molecular weight is 439 g/mol. The molecular formula is C25H23ClO3S. The fourth-order valence-corrected chi connectivity index (χ4v) is 4.70. The number of ketones is 1. The summed E-state index contributed by atoms with van der Waals surface area (Å²) in [4.78, 5) is 13.0. The van der Waals surface area contributed by atoms with E-state index in [9.17, 15) is 13.2 Å². The van der Waals surface area contributed by atoms with Gasteiger partial charge in [-0.05, 0) is 67.8 Å². The Morgan fingerprint density at radius 3 is 2.10 bits per heavy atom. The highest BCUT2D eigenvalue weighted by molar-refractivity contribution is 7.95. The third kappa shape index (κ3) is 5.26. The number of aryl methyl sites for hydroxylation is 3. The molecule has 0 radical (unpaired) electrons. The van der Waals surface area contributed by atoms with Crippen LogP contribution >= 0.6 is 11.6 Å². The molecule has 0 saturated heterocycles. The molecule has 0 aliphatic rings. The lowest BCUT2D eigenvalue weighted by atomic mass is 10.0. The fourth-order valence-electron chi connectivity index (χ4n) is 3.08. The number of carbonyl (C=O) groups is 1. The van der Waals surface area contributed by atoms with Crippen LogP contribution in [0.1, 0.15) is 38.2 Å². The lowest BCUT2D eigenvalue weighted by Crippen LogP contribution is -2.16. The van der Waals surface area contributed by atoms with Gasteiger partial charge in [-0.3, -0.25) is 4.79 Å². The third-order valence-electron chi connectivity index (χ3n) is 4.86. The van der Waals surface area contributed by atoms with E-state index < -0.39 is 15.6 Å². The number of Topliss-reactive ketones (excluding diaryl/α,β-unsaturated/α-hetero) is 1. The summed E-state index contributed by atoms with van der Waals surface area (Å²) in [5.41, 5.74) is 4.55.